The third-order valence-corrected chi connectivity index (χ3v) is 2.25. The van der Waals surface area contributed by atoms with Crippen molar-refractivity contribution in [1.29, 1.82) is 0 Å². The second kappa shape index (κ2) is 6.02. The van der Waals surface area contributed by atoms with E-state index in [1.54, 1.807) is 0 Å². The van der Waals surface area contributed by atoms with Gasteiger partial charge in [0, 0.05) is 18.3 Å². The van der Waals surface area contributed by atoms with Crippen LogP contribution in [0.4, 0.5) is 0 Å². The summed E-state index contributed by atoms with van der Waals surface area (Å²) >= 11 is 0. The molecule has 1 unspecified atom stereocenters. The monoisotopic (exact) mass is 228 g/mol. The Labute approximate surface area is 98.6 Å². The van der Waals surface area contributed by atoms with E-state index in [0.717, 1.165) is 0 Å². The molecule has 0 heterocycles. The molecule has 0 rings (SSSR count). The maximum Gasteiger partial charge on any atom is 0.306 e. The maximum atomic E-state index is 11.7. The minimum Gasteiger partial charge on any atom is -0.463 e. The van der Waals surface area contributed by atoms with Gasteiger partial charge in [0.1, 0.15) is 5.78 Å². The smallest absolute Gasteiger partial charge is 0.306 e. The number of hydrogen-bond donors (Lipinski definition) is 0. The van der Waals surface area contributed by atoms with Crippen LogP contribution in [0.2, 0.25) is 0 Å². The summed E-state index contributed by atoms with van der Waals surface area (Å²) in [5.41, 5.74) is -0.323. The van der Waals surface area contributed by atoms with Gasteiger partial charge in [0.2, 0.25) is 0 Å². The van der Waals surface area contributed by atoms with E-state index in [0.29, 0.717) is 12.8 Å². The number of hydrogen-bond acceptors (Lipinski definition) is 3. The highest BCUT2D eigenvalue weighted by molar-refractivity contribution is 5.84. The van der Waals surface area contributed by atoms with Gasteiger partial charge in [-0.1, -0.05) is 27.7 Å². The largest absolute Gasteiger partial charge is 0.463 e. The van der Waals surface area contributed by atoms with E-state index in [1.807, 2.05) is 41.5 Å². The summed E-state index contributed by atoms with van der Waals surface area (Å²) in [6, 6.07) is 0. The Kier molecular flexibility index (Phi) is 5.70. The average molecular weight is 228 g/mol. The van der Waals surface area contributed by atoms with Gasteiger partial charge in [0.15, 0.2) is 0 Å². The van der Waals surface area contributed by atoms with Crippen LogP contribution in [0, 0.1) is 11.3 Å². The molecule has 0 aromatic rings. The molecule has 0 aliphatic rings. The molecule has 1 atom stereocenters. The second-order valence-electron chi connectivity index (χ2n) is 5.73. The van der Waals surface area contributed by atoms with E-state index in [9.17, 15) is 9.59 Å². The van der Waals surface area contributed by atoms with Crippen molar-refractivity contribution in [3.8, 4) is 0 Å². The number of esters is 1. The summed E-state index contributed by atoms with van der Waals surface area (Å²) < 4.78 is 5.04. The van der Waals surface area contributed by atoms with Gasteiger partial charge >= 0.3 is 5.97 Å². The Morgan fingerprint density at radius 2 is 1.56 bits per heavy atom. The molecule has 3 heteroatoms. The molecule has 16 heavy (non-hydrogen) atoms. The van der Waals surface area contributed by atoms with Crippen LogP contribution in [-0.4, -0.2) is 17.9 Å². The topological polar surface area (TPSA) is 43.4 Å². The van der Waals surface area contributed by atoms with Crippen LogP contribution in [0.15, 0.2) is 0 Å². The lowest BCUT2D eigenvalue weighted by Crippen LogP contribution is -2.23. The molecule has 0 fully saturated rings. The number of Topliss-reactive ketones (excluding diaryl/α,β-unsaturated/α-hetero) is 1. The number of rotatable bonds is 5. The SMILES string of the molecule is CC(CC(=O)OC(C)C)CC(=O)C(C)(C)C. The lowest BCUT2D eigenvalue weighted by atomic mass is 9.85. The highest BCUT2D eigenvalue weighted by Crippen LogP contribution is 2.21. The zero-order chi connectivity index (χ0) is 12.9. The summed E-state index contributed by atoms with van der Waals surface area (Å²) in [7, 11) is 0. The van der Waals surface area contributed by atoms with Gasteiger partial charge in [-0.15, -0.1) is 0 Å². The quantitative estimate of drug-likeness (QED) is 0.679. The van der Waals surface area contributed by atoms with Crippen molar-refractivity contribution in [3.63, 3.8) is 0 Å². The predicted molar refractivity (Wildman–Crippen MR) is 64.1 cm³/mol. The number of ether oxygens (including phenoxy) is 1. The Morgan fingerprint density at radius 1 is 1.06 bits per heavy atom. The molecule has 0 N–H and O–H groups in total. The van der Waals surface area contributed by atoms with E-state index in [-0.39, 0.29) is 29.2 Å². The predicted octanol–water partition coefficient (Wildman–Crippen LogP) is 2.97. The first kappa shape index (κ1) is 15.1. The minimum absolute atomic E-state index is 0.0537. The van der Waals surface area contributed by atoms with Gasteiger partial charge in [-0.2, -0.15) is 0 Å². The van der Waals surface area contributed by atoms with Crippen LogP contribution in [-0.2, 0) is 14.3 Å². The number of carbonyl (C=O) groups is 2. The Bertz CT molecular complexity index is 248. The third-order valence-electron chi connectivity index (χ3n) is 2.25. The van der Waals surface area contributed by atoms with Crippen molar-refractivity contribution in [2.45, 2.75) is 60.5 Å². The molecular formula is C13H24O3. The van der Waals surface area contributed by atoms with Gasteiger partial charge < -0.3 is 4.74 Å². The minimum atomic E-state index is -0.323. The fourth-order valence-corrected chi connectivity index (χ4v) is 1.29. The second-order valence-corrected chi connectivity index (χ2v) is 5.73. The van der Waals surface area contributed by atoms with Crippen molar-refractivity contribution >= 4 is 11.8 Å². The van der Waals surface area contributed by atoms with E-state index in [1.165, 1.54) is 0 Å². The Morgan fingerprint density at radius 3 is 1.94 bits per heavy atom. The van der Waals surface area contributed by atoms with Gasteiger partial charge in [-0.05, 0) is 19.8 Å². The molecule has 0 aromatic carbocycles. The normalized spacial score (nSPS) is 13.7. The highest BCUT2D eigenvalue weighted by Gasteiger charge is 2.24. The van der Waals surface area contributed by atoms with Crippen LogP contribution in [0.1, 0.15) is 54.4 Å². The molecule has 0 bridgehead atoms. The first-order chi connectivity index (χ1) is 7.12. The van der Waals surface area contributed by atoms with E-state index < -0.39 is 0 Å². The van der Waals surface area contributed by atoms with Crippen molar-refractivity contribution in [2.75, 3.05) is 0 Å². The van der Waals surface area contributed by atoms with E-state index in [2.05, 4.69) is 0 Å². The zero-order valence-electron chi connectivity index (χ0n) is 11.3. The standard InChI is InChI=1S/C13H24O3/c1-9(2)16-12(15)8-10(3)7-11(14)13(4,5)6/h9-10H,7-8H2,1-6H3. The molecule has 0 aromatic heterocycles. The van der Waals surface area contributed by atoms with Crippen LogP contribution < -0.4 is 0 Å². The number of ketones is 1. The van der Waals surface area contributed by atoms with Gasteiger partial charge in [-0.3, -0.25) is 9.59 Å². The lowest BCUT2D eigenvalue weighted by molar-refractivity contribution is -0.148. The summed E-state index contributed by atoms with van der Waals surface area (Å²) in [5.74, 6) is 0.0273. The zero-order valence-corrected chi connectivity index (χ0v) is 11.3. The molecule has 0 radical (unpaired) electrons. The molecule has 0 amide bonds. The molecule has 0 saturated heterocycles. The van der Waals surface area contributed by atoms with Gasteiger partial charge in [-0.25, -0.2) is 0 Å². The van der Waals surface area contributed by atoms with Gasteiger partial charge in [0.05, 0.1) is 6.10 Å². The summed E-state index contributed by atoms with van der Waals surface area (Å²) in [6.45, 7) is 11.2. The van der Waals surface area contributed by atoms with Crippen molar-refractivity contribution in [1.82, 2.24) is 0 Å². The summed E-state index contributed by atoms with van der Waals surface area (Å²) in [4.78, 5) is 23.1. The van der Waals surface area contributed by atoms with Crippen LogP contribution in [0.5, 0.6) is 0 Å². The maximum absolute atomic E-state index is 11.7. The van der Waals surface area contributed by atoms with Crippen molar-refractivity contribution < 1.29 is 14.3 Å². The first-order valence-corrected chi connectivity index (χ1v) is 5.85. The molecule has 0 spiro atoms. The summed E-state index contributed by atoms with van der Waals surface area (Å²) in [6.07, 6.45) is 0.675. The first-order valence-electron chi connectivity index (χ1n) is 5.85. The molecule has 0 aliphatic heterocycles. The van der Waals surface area contributed by atoms with Gasteiger partial charge in [0.25, 0.3) is 0 Å². The fraction of sp³-hybridized carbons (Fsp3) is 0.846. The molecule has 0 saturated carbocycles. The van der Waals surface area contributed by atoms with E-state index in [4.69, 9.17) is 4.74 Å². The summed E-state index contributed by atoms with van der Waals surface area (Å²) in [5, 5.41) is 0. The molecule has 3 nitrogen and oxygen atoms in total. The molecule has 0 aliphatic carbocycles. The van der Waals surface area contributed by atoms with Crippen LogP contribution in [0.3, 0.4) is 0 Å². The molecule has 94 valence electrons. The average Bonchev–Trinajstić information content (AvgIpc) is 1.98. The van der Waals surface area contributed by atoms with Crippen LogP contribution >= 0.6 is 0 Å². The lowest BCUT2D eigenvalue weighted by Gasteiger charge is -2.19. The fourth-order valence-electron chi connectivity index (χ4n) is 1.29. The Hall–Kier alpha value is -0.860. The third kappa shape index (κ3) is 6.59. The van der Waals surface area contributed by atoms with Crippen molar-refractivity contribution in [3.05, 3.63) is 0 Å². The Balaban J connectivity index is 4.05. The van der Waals surface area contributed by atoms with E-state index >= 15 is 0 Å². The molecular weight excluding hydrogens is 204 g/mol. The highest BCUT2D eigenvalue weighted by atomic mass is 16.5. The van der Waals surface area contributed by atoms with Crippen molar-refractivity contribution in [2.24, 2.45) is 11.3 Å². The van der Waals surface area contributed by atoms with Crippen LogP contribution in [0.25, 0.3) is 0 Å². The number of carbonyl (C=O) groups excluding carboxylic acids is 2.